The quantitative estimate of drug-likeness (QED) is 0.845. The fraction of sp³-hybridized carbons (Fsp3) is 0.286. The van der Waals surface area contributed by atoms with Gasteiger partial charge in [-0.1, -0.05) is 31.2 Å². The van der Waals surface area contributed by atoms with Crippen LogP contribution in [-0.4, -0.2) is 6.54 Å². The van der Waals surface area contributed by atoms with Gasteiger partial charge in [0.05, 0.1) is 6.04 Å². The maximum absolute atomic E-state index is 13.8. The van der Waals surface area contributed by atoms with Crippen LogP contribution in [0.15, 0.2) is 41.8 Å². The molecule has 90 valence electrons. The van der Waals surface area contributed by atoms with Crippen LogP contribution in [0.25, 0.3) is 0 Å². The van der Waals surface area contributed by atoms with Gasteiger partial charge >= 0.3 is 0 Å². The van der Waals surface area contributed by atoms with Gasteiger partial charge in [-0.05, 0) is 30.5 Å². The van der Waals surface area contributed by atoms with E-state index in [1.807, 2.05) is 29.6 Å². The molecule has 1 heterocycles. The summed E-state index contributed by atoms with van der Waals surface area (Å²) in [5.74, 6) is -0.144. The molecule has 1 nitrogen and oxygen atoms in total. The summed E-state index contributed by atoms with van der Waals surface area (Å²) in [5, 5.41) is 5.42. The molecule has 17 heavy (non-hydrogen) atoms. The second-order valence-corrected chi connectivity index (χ2v) is 4.90. The summed E-state index contributed by atoms with van der Waals surface area (Å²) >= 11 is 1.66. The topological polar surface area (TPSA) is 12.0 Å². The van der Waals surface area contributed by atoms with Crippen molar-refractivity contribution in [2.75, 3.05) is 6.54 Å². The molecule has 1 unspecified atom stereocenters. The molecule has 0 spiro atoms. The zero-order chi connectivity index (χ0) is 12.1. The first-order chi connectivity index (χ1) is 8.33. The van der Waals surface area contributed by atoms with Gasteiger partial charge in [0.15, 0.2) is 0 Å². The molecule has 0 bridgehead atoms. The molecule has 1 atom stereocenters. The Morgan fingerprint density at radius 1 is 1.24 bits per heavy atom. The van der Waals surface area contributed by atoms with E-state index >= 15 is 0 Å². The molecule has 1 aromatic heterocycles. The highest BCUT2D eigenvalue weighted by molar-refractivity contribution is 7.10. The lowest BCUT2D eigenvalue weighted by Gasteiger charge is -2.18. The van der Waals surface area contributed by atoms with Crippen LogP contribution in [0.5, 0.6) is 0 Å². The first kappa shape index (κ1) is 12.3. The lowest BCUT2D eigenvalue weighted by atomic mass is 10.0. The van der Waals surface area contributed by atoms with Crippen LogP contribution < -0.4 is 5.32 Å². The summed E-state index contributed by atoms with van der Waals surface area (Å²) < 4.78 is 13.8. The highest BCUT2D eigenvalue weighted by atomic mass is 32.1. The van der Waals surface area contributed by atoms with Gasteiger partial charge in [-0.3, -0.25) is 0 Å². The minimum atomic E-state index is -0.144. The molecule has 2 aromatic rings. The molecule has 2 rings (SSSR count). The standard InChI is InChI=1S/C14H16FNS/c1-2-9-16-14(13-8-5-10-17-13)11-6-3-4-7-12(11)15/h3-8,10,14,16H,2,9H2,1H3. The summed E-state index contributed by atoms with van der Waals surface area (Å²) in [6.45, 7) is 3.00. The number of nitrogens with one attached hydrogen (secondary N) is 1. The van der Waals surface area contributed by atoms with Crippen molar-refractivity contribution in [3.05, 3.63) is 58.0 Å². The van der Waals surface area contributed by atoms with Crippen molar-refractivity contribution in [1.29, 1.82) is 0 Å². The Balaban J connectivity index is 2.30. The molecule has 0 saturated carbocycles. The zero-order valence-electron chi connectivity index (χ0n) is 9.82. The number of halogens is 1. The highest BCUT2D eigenvalue weighted by Gasteiger charge is 2.17. The van der Waals surface area contributed by atoms with Gasteiger partial charge in [-0.25, -0.2) is 4.39 Å². The summed E-state index contributed by atoms with van der Waals surface area (Å²) in [7, 11) is 0. The van der Waals surface area contributed by atoms with Crippen LogP contribution in [-0.2, 0) is 0 Å². The van der Waals surface area contributed by atoms with Crippen molar-refractivity contribution >= 4 is 11.3 Å². The SMILES string of the molecule is CCCNC(c1cccs1)c1ccccc1F. The summed E-state index contributed by atoms with van der Waals surface area (Å²) in [6, 6.07) is 11.0. The average Bonchev–Trinajstić information content (AvgIpc) is 2.85. The summed E-state index contributed by atoms with van der Waals surface area (Å²) in [6.07, 6.45) is 1.04. The fourth-order valence-corrected chi connectivity index (χ4v) is 2.64. The molecule has 0 aliphatic rings. The molecule has 0 aliphatic carbocycles. The third-order valence-electron chi connectivity index (χ3n) is 2.64. The second kappa shape index (κ2) is 5.94. The van der Waals surface area contributed by atoms with E-state index < -0.39 is 0 Å². The van der Waals surface area contributed by atoms with Gasteiger partial charge in [0.1, 0.15) is 5.82 Å². The van der Waals surface area contributed by atoms with E-state index in [4.69, 9.17) is 0 Å². The molecule has 0 saturated heterocycles. The number of thiophene rings is 1. The second-order valence-electron chi connectivity index (χ2n) is 3.92. The van der Waals surface area contributed by atoms with E-state index in [-0.39, 0.29) is 11.9 Å². The molecule has 0 radical (unpaired) electrons. The first-order valence-electron chi connectivity index (χ1n) is 5.84. The van der Waals surface area contributed by atoms with Gasteiger partial charge in [0, 0.05) is 10.4 Å². The van der Waals surface area contributed by atoms with Crippen molar-refractivity contribution in [1.82, 2.24) is 5.32 Å². The predicted octanol–water partition coefficient (Wildman–Crippen LogP) is 3.98. The first-order valence-corrected chi connectivity index (χ1v) is 6.72. The van der Waals surface area contributed by atoms with Crippen molar-refractivity contribution in [2.45, 2.75) is 19.4 Å². The van der Waals surface area contributed by atoms with Gasteiger partial charge < -0.3 is 5.32 Å². The van der Waals surface area contributed by atoms with E-state index in [2.05, 4.69) is 12.2 Å². The molecule has 0 amide bonds. The predicted molar refractivity (Wildman–Crippen MR) is 70.9 cm³/mol. The fourth-order valence-electron chi connectivity index (χ4n) is 1.82. The molecule has 0 aliphatic heterocycles. The van der Waals surface area contributed by atoms with E-state index in [0.717, 1.165) is 23.4 Å². The Morgan fingerprint density at radius 3 is 2.71 bits per heavy atom. The van der Waals surface area contributed by atoms with Crippen molar-refractivity contribution in [3.8, 4) is 0 Å². The molecule has 1 N–H and O–H groups in total. The van der Waals surface area contributed by atoms with E-state index in [1.54, 1.807) is 17.4 Å². The minimum absolute atomic E-state index is 0.0313. The Hall–Kier alpha value is -1.19. The smallest absolute Gasteiger partial charge is 0.128 e. The van der Waals surface area contributed by atoms with Gasteiger partial charge in [-0.15, -0.1) is 11.3 Å². The number of hydrogen-bond acceptors (Lipinski definition) is 2. The third kappa shape index (κ3) is 2.93. The summed E-state index contributed by atoms with van der Waals surface area (Å²) in [5.41, 5.74) is 0.725. The van der Waals surface area contributed by atoms with Crippen molar-refractivity contribution in [2.24, 2.45) is 0 Å². The van der Waals surface area contributed by atoms with Crippen LogP contribution in [0, 0.1) is 5.82 Å². The normalized spacial score (nSPS) is 12.6. The van der Waals surface area contributed by atoms with E-state index in [9.17, 15) is 4.39 Å². The Bertz CT molecular complexity index is 453. The maximum Gasteiger partial charge on any atom is 0.128 e. The Morgan fingerprint density at radius 2 is 2.06 bits per heavy atom. The molecule has 0 fully saturated rings. The summed E-state index contributed by atoms with van der Waals surface area (Å²) in [4.78, 5) is 1.16. The van der Waals surface area contributed by atoms with Crippen molar-refractivity contribution < 1.29 is 4.39 Å². The minimum Gasteiger partial charge on any atom is -0.306 e. The lowest BCUT2D eigenvalue weighted by molar-refractivity contribution is 0.551. The van der Waals surface area contributed by atoms with Crippen LogP contribution in [0.3, 0.4) is 0 Å². The highest BCUT2D eigenvalue weighted by Crippen LogP contribution is 2.27. The number of rotatable bonds is 5. The van der Waals surface area contributed by atoms with Crippen LogP contribution in [0.4, 0.5) is 4.39 Å². The van der Waals surface area contributed by atoms with Crippen LogP contribution >= 0.6 is 11.3 Å². The monoisotopic (exact) mass is 249 g/mol. The van der Waals surface area contributed by atoms with Gasteiger partial charge in [-0.2, -0.15) is 0 Å². The Kier molecular flexibility index (Phi) is 4.29. The molecule has 3 heteroatoms. The lowest BCUT2D eigenvalue weighted by Crippen LogP contribution is -2.23. The largest absolute Gasteiger partial charge is 0.306 e. The zero-order valence-corrected chi connectivity index (χ0v) is 10.6. The van der Waals surface area contributed by atoms with Gasteiger partial charge in [0.2, 0.25) is 0 Å². The average molecular weight is 249 g/mol. The van der Waals surface area contributed by atoms with E-state index in [0.29, 0.717) is 0 Å². The number of benzene rings is 1. The number of hydrogen-bond donors (Lipinski definition) is 1. The van der Waals surface area contributed by atoms with Crippen LogP contribution in [0.2, 0.25) is 0 Å². The maximum atomic E-state index is 13.8. The molecule has 1 aromatic carbocycles. The third-order valence-corrected chi connectivity index (χ3v) is 3.58. The Labute approximate surface area is 105 Å². The van der Waals surface area contributed by atoms with Crippen LogP contribution in [0.1, 0.15) is 29.8 Å². The van der Waals surface area contributed by atoms with Gasteiger partial charge in [0.25, 0.3) is 0 Å². The van der Waals surface area contributed by atoms with Crippen molar-refractivity contribution in [3.63, 3.8) is 0 Å². The molecular weight excluding hydrogens is 233 g/mol. The van der Waals surface area contributed by atoms with E-state index in [1.165, 1.54) is 6.07 Å². The molecular formula is C14H16FNS.